The number of hydrogen-bond donors (Lipinski definition) is 0. The van der Waals surface area contributed by atoms with Crippen molar-refractivity contribution in [1.82, 2.24) is 39.9 Å². The largest absolute Gasteiger partial charge is 0.353 e. The maximum atomic E-state index is 4.71. The van der Waals surface area contributed by atoms with Gasteiger partial charge in [0.25, 0.3) is 0 Å². The standard InChI is InChI=1S/2C20H27BN6.C18H25BN8.C17H20N/c1-13-24(4)19-15(8-6-10-22-19)26(13)17-12-18(21(17)3)27-14(2)25(5)20-16(27)9-7-11-23-20;1-13-24(4)15-8-6-10-22-19(15)26(13)17-12-18(21(17)3)27-14(2)25(5)16-9-7-11-23-20(16)27;1-11-24(4)15-17(22-8-6-20-15)26(11)13-10-14(19(13)3)27-12(2)25(5)16-18(27)23-9-7-21-16;1-12-5-4-6-14(9-12)15-7-8-17(18(3)11-15)16-10-13(16)2/h2*6-11,13-14,17-18H,12H2,1-5H3;6-9,11-14H,10H2,1-5H3;4-9,11,13,16H,10H2,1-3H3/q;;;+1/t2*13-,14+,17?,18?;11-,12+,13?,14?;. The number of benzene rings is 1. The van der Waals surface area contributed by atoms with Crippen molar-refractivity contribution in [3.63, 3.8) is 0 Å². The third-order valence-corrected chi connectivity index (χ3v) is 25.0. The summed E-state index contributed by atoms with van der Waals surface area (Å²) >= 11 is 0. The van der Waals surface area contributed by atoms with E-state index in [9.17, 15) is 0 Å². The van der Waals surface area contributed by atoms with Crippen molar-refractivity contribution >= 4 is 89.4 Å². The molecule has 1 aliphatic carbocycles. The first-order chi connectivity index (χ1) is 47.7. The van der Waals surface area contributed by atoms with Crippen molar-refractivity contribution in [2.75, 3.05) is 101 Å². The topological polar surface area (TPSA) is 146 Å². The van der Waals surface area contributed by atoms with E-state index in [0.717, 1.165) is 71.2 Å². The molecular weight excluding hydrogens is 1230 g/mol. The molecule has 0 radical (unpaired) electrons. The van der Waals surface area contributed by atoms with E-state index in [1.54, 1.807) is 24.8 Å². The SMILES string of the molecule is CB1C(N2c3cccnc3N(C)[C@H]2C)CC1N1c2cccnc2N(C)[C@@H]1C.CB1C(N2c3ncccc3N(C)[C@H]2C)CC1N1c2ncccc2N(C)[C@@H]1C.CB1C(N2c3nccnc3N(C)[C@H]2C)CC1N1c2nccnc2N(C)[C@@H]1C.Cc1cccc(-c2ccc(C3CC3C)[n+](C)c2)c1. The lowest BCUT2D eigenvalue weighted by Crippen LogP contribution is -2.70. The predicted molar refractivity (Wildman–Crippen MR) is 409 cm³/mol. The highest BCUT2D eigenvalue weighted by Gasteiger charge is 2.57. The summed E-state index contributed by atoms with van der Waals surface area (Å²) in [6.07, 6.45) is 23.6. The zero-order valence-electron chi connectivity index (χ0n) is 61.3. The molecule has 1 saturated carbocycles. The van der Waals surface area contributed by atoms with Crippen LogP contribution in [0, 0.1) is 12.8 Å². The molecule has 4 fully saturated rings. The average Bonchev–Trinajstić information content (AvgIpc) is 1.63. The van der Waals surface area contributed by atoms with E-state index in [0.29, 0.717) is 80.4 Å². The molecule has 99 heavy (non-hydrogen) atoms. The molecule has 24 heteroatoms. The normalized spacial score (nSPS) is 27.8. The highest BCUT2D eigenvalue weighted by molar-refractivity contribution is 6.66. The van der Waals surface area contributed by atoms with E-state index in [1.807, 2.05) is 36.9 Å². The second kappa shape index (κ2) is 25.6. The molecule has 9 aliphatic heterocycles. The summed E-state index contributed by atoms with van der Waals surface area (Å²) in [6.45, 7) is 26.8. The number of hydrogen-bond acceptors (Lipinski definition) is 20. The Morgan fingerprint density at radius 3 is 1.06 bits per heavy atom. The van der Waals surface area contributed by atoms with Crippen LogP contribution in [-0.2, 0) is 7.05 Å². The Morgan fingerprint density at radius 1 is 0.343 bits per heavy atom. The summed E-state index contributed by atoms with van der Waals surface area (Å²) in [5.41, 5.74) is 10.4. The van der Waals surface area contributed by atoms with Crippen LogP contribution in [0.5, 0.6) is 0 Å². The molecule has 18 rings (SSSR count). The molecule has 0 amide bonds. The maximum absolute atomic E-state index is 4.71. The maximum Gasteiger partial charge on any atom is 0.191 e. The minimum Gasteiger partial charge on any atom is -0.353 e. The lowest BCUT2D eigenvalue weighted by molar-refractivity contribution is -0.679. The summed E-state index contributed by atoms with van der Waals surface area (Å²) in [6, 6.07) is 30.2. The number of anilines is 12. The van der Waals surface area contributed by atoms with Gasteiger partial charge in [-0.05, 0) is 140 Å². The Balaban J connectivity index is 0.000000109. The van der Waals surface area contributed by atoms with E-state index < -0.39 is 0 Å². The van der Waals surface area contributed by atoms with E-state index in [-0.39, 0.29) is 12.3 Å². The second-order valence-corrected chi connectivity index (χ2v) is 30.0. The molecule has 10 aliphatic rings. The van der Waals surface area contributed by atoms with Gasteiger partial charge < -0.3 is 58.8 Å². The third kappa shape index (κ3) is 10.8. The zero-order chi connectivity index (χ0) is 69.3. The van der Waals surface area contributed by atoms with E-state index in [2.05, 4.69) is 297 Å². The summed E-state index contributed by atoms with van der Waals surface area (Å²) < 4.78 is 2.30. The van der Waals surface area contributed by atoms with Gasteiger partial charge in [-0.2, -0.15) is 0 Å². The van der Waals surface area contributed by atoms with Crippen LogP contribution < -0.4 is 63.4 Å². The summed E-state index contributed by atoms with van der Waals surface area (Å²) in [5, 5.41) is 0. The fourth-order valence-corrected chi connectivity index (χ4v) is 18.1. The number of aromatic nitrogens is 9. The molecular formula is C75H99B3N21+. The molecule has 1 aromatic carbocycles. The molecule has 8 unspecified atom stereocenters. The summed E-state index contributed by atoms with van der Waals surface area (Å²) in [4.78, 5) is 65.8. The van der Waals surface area contributed by atoms with Gasteiger partial charge in [-0.3, -0.25) is 0 Å². The monoisotopic (exact) mass is 1330 g/mol. The lowest BCUT2D eigenvalue weighted by Gasteiger charge is -2.53. The third-order valence-electron chi connectivity index (χ3n) is 25.0. The number of nitrogens with zero attached hydrogens (tertiary/aromatic N) is 21. The fourth-order valence-electron chi connectivity index (χ4n) is 18.1. The van der Waals surface area contributed by atoms with Crippen molar-refractivity contribution in [3.05, 3.63) is 152 Å². The number of rotatable bonds is 8. The van der Waals surface area contributed by atoms with Crippen molar-refractivity contribution < 1.29 is 4.57 Å². The number of fused-ring (bicyclic) bond motifs is 6. The van der Waals surface area contributed by atoms with Crippen molar-refractivity contribution in [1.29, 1.82) is 0 Å². The molecule has 14 atom stereocenters. The Kier molecular flexibility index (Phi) is 17.0. The van der Waals surface area contributed by atoms with Gasteiger partial charge >= 0.3 is 0 Å². The van der Waals surface area contributed by atoms with Gasteiger partial charge in [-0.15, -0.1) is 0 Å². The van der Waals surface area contributed by atoms with Crippen LogP contribution in [0.15, 0.2) is 141 Å². The number of aryl methyl sites for hydroxylation is 2. The van der Waals surface area contributed by atoms with Gasteiger partial charge in [0.15, 0.2) is 78.6 Å². The smallest absolute Gasteiger partial charge is 0.191 e. The van der Waals surface area contributed by atoms with Gasteiger partial charge in [-0.1, -0.05) is 57.2 Å². The highest BCUT2D eigenvalue weighted by Crippen LogP contribution is 2.51. The lowest BCUT2D eigenvalue weighted by atomic mass is 9.29. The Morgan fingerprint density at radius 2 is 0.677 bits per heavy atom. The average molecular weight is 1330 g/mol. The van der Waals surface area contributed by atoms with Gasteiger partial charge in [0, 0.05) is 145 Å². The first-order valence-corrected chi connectivity index (χ1v) is 36.2. The van der Waals surface area contributed by atoms with Gasteiger partial charge in [-0.25, -0.2) is 44.4 Å². The predicted octanol–water partition coefficient (Wildman–Crippen LogP) is 10.6. The van der Waals surface area contributed by atoms with Crippen LogP contribution in [0.1, 0.15) is 91.3 Å². The van der Waals surface area contributed by atoms with Crippen LogP contribution in [-0.4, -0.2) is 175 Å². The minimum atomic E-state index is 0.265. The molecule has 0 bridgehead atoms. The van der Waals surface area contributed by atoms with Crippen LogP contribution in [0.2, 0.25) is 20.5 Å². The second-order valence-electron chi connectivity index (χ2n) is 30.0. The Labute approximate surface area is 588 Å². The number of pyridine rings is 5. The van der Waals surface area contributed by atoms with Crippen LogP contribution in [0.4, 0.5) is 69.3 Å². The van der Waals surface area contributed by atoms with Gasteiger partial charge in [0.1, 0.15) is 19.4 Å². The summed E-state index contributed by atoms with van der Waals surface area (Å²) in [5.74, 6) is 13.1. The highest BCUT2D eigenvalue weighted by atomic mass is 15.5. The quantitative estimate of drug-likeness (QED) is 0.105. The van der Waals surface area contributed by atoms with E-state index in [1.165, 1.54) is 58.0 Å². The van der Waals surface area contributed by atoms with Gasteiger partial charge in [0.2, 0.25) is 0 Å². The Bertz CT molecular complexity index is 3740. The minimum absolute atomic E-state index is 0.265. The van der Waals surface area contributed by atoms with Crippen LogP contribution in [0.3, 0.4) is 0 Å². The molecule has 16 heterocycles. The van der Waals surface area contributed by atoms with Crippen LogP contribution in [0.25, 0.3) is 11.1 Å². The van der Waals surface area contributed by atoms with Crippen molar-refractivity contribution in [2.45, 2.75) is 180 Å². The molecule has 0 N–H and O–H groups in total. The van der Waals surface area contributed by atoms with E-state index >= 15 is 0 Å². The van der Waals surface area contributed by atoms with Crippen molar-refractivity contribution in [2.24, 2.45) is 13.0 Å². The zero-order valence-corrected chi connectivity index (χ0v) is 61.3. The van der Waals surface area contributed by atoms with Crippen molar-refractivity contribution in [3.8, 4) is 11.1 Å². The molecule has 0 spiro atoms. The van der Waals surface area contributed by atoms with Gasteiger partial charge in [0.05, 0.1) is 47.4 Å². The first-order valence-electron chi connectivity index (χ1n) is 36.2. The first kappa shape index (κ1) is 65.8. The summed E-state index contributed by atoms with van der Waals surface area (Å²) in [7, 11) is 15.0. The van der Waals surface area contributed by atoms with Crippen LogP contribution >= 0.6 is 0 Å². The van der Waals surface area contributed by atoms with E-state index in [4.69, 9.17) is 9.97 Å². The fraction of sp³-hybridized carbons (Fsp3) is 0.480. The molecule has 3 saturated heterocycles. The molecule has 8 aromatic rings. The molecule has 512 valence electrons. The Hall–Kier alpha value is -9.08. The molecule has 21 nitrogen and oxygen atoms in total. The molecule has 7 aromatic heterocycles.